The number of nitrogens with zero attached hydrogens (tertiary/aromatic N) is 1. The fraction of sp³-hybridized carbons (Fsp3) is 0.611. The van der Waals surface area contributed by atoms with Crippen molar-refractivity contribution in [3.8, 4) is 0 Å². The lowest BCUT2D eigenvalue weighted by Gasteiger charge is -2.33. The molecule has 4 heteroatoms. The molecule has 1 N–H and O–H groups in total. The van der Waals surface area contributed by atoms with E-state index in [2.05, 4.69) is 17.1 Å². The molecule has 122 valence electrons. The summed E-state index contributed by atoms with van der Waals surface area (Å²) in [6.07, 6.45) is 6.07. The predicted molar refractivity (Wildman–Crippen MR) is 87.2 cm³/mol. The van der Waals surface area contributed by atoms with Gasteiger partial charge in [-0.05, 0) is 56.8 Å². The van der Waals surface area contributed by atoms with E-state index in [-0.39, 0.29) is 11.7 Å². The molecule has 1 aliphatic rings. The summed E-state index contributed by atoms with van der Waals surface area (Å²) < 4.78 is 12.8. The maximum Gasteiger partial charge on any atom is 0.220 e. The van der Waals surface area contributed by atoms with Crippen LogP contribution in [0.4, 0.5) is 4.39 Å². The molecule has 22 heavy (non-hydrogen) atoms. The number of rotatable bonds is 7. The van der Waals surface area contributed by atoms with E-state index in [0.29, 0.717) is 18.9 Å². The first-order valence-electron chi connectivity index (χ1n) is 8.40. The van der Waals surface area contributed by atoms with Gasteiger partial charge in [0.1, 0.15) is 5.82 Å². The van der Waals surface area contributed by atoms with Gasteiger partial charge in [0, 0.05) is 25.6 Å². The highest BCUT2D eigenvalue weighted by Gasteiger charge is 2.17. The quantitative estimate of drug-likeness (QED) is 0.785. The number of nitrogens with one attached hydrogen (secondary N) is 1. The van der Waals surface area contributed by atoms with Gasteiger partial charge in [0.25, 0.3) is 0 Å². The first-order chi connectivity index (χ1) is 10.6. The van der Waals surface area contributed by atoms with Crippen molar-refractivity contribution in [3.05, 3.63) is 35.6 Å². The molecular formula is C18H27FN2O. The highest BCUT2D eigenvalue weighted by molar-refractivity contribution is 5.76. The lowest BCUT2D eigenvalue weighted by Crippen LogP contribution is -2.39. The van der Waals surface area contributed by atoms with Gasteiger partial charge in [-0.15, -0.1) is 0 Å². The molecule has 0 aliphatic carbocycles. The van der Waals surface area contributed by atoms with Crippen molar-refractivity contribution in [3.63, 3.8) is 0 Å². The molecule has 1 atom stereocenters. The highest BCUT2D eigenvalue weighted by Crippen LogP contribution is 2.16. The van der Waals surface area contributed by atoms with E-state index in [1.165, 1.54) is 37.9 Å². The molecule has 1 aromatic carbocycles. The Labute approximate surface area is 132 Å². The molecule has 0 spiro atoms. The number of hydrogen-bond acceptors (Lipinski definition) is 2. The molecule has 1 unspecified atom stereocenters. The van der Waals surface area contributed by atoms with Crippen molar-refractivity contribution in [1.29, 1.82) is 0 Å². The Bertz CT molecular complexity index is 461. The van der Waals surface area contributed by atoms with Crippen molar-refractivity contribution in [2.75, 3.05) is 19.6 Å². The number of carbonyl (C=O) groups excluding carboxylic acids is 1. The standard InChI is InChI=1S/C18H27FN2O/c1-15-5-2-3-13-21(15)14-4-12-20-18(22)11-8-16-6-9-17(19)10-7-16/h6-7,9-10,15H,2-5,8,11-14H2,1H3,(H,20,22). The first-order valence-corrected chi connectivity index (χ1v) is 8.40. The van der Waals surface area contributed by atoms with Crippen LogP contribution in [0.3, 0.4) is 0 Å². The average molecular weight is 306 g/mol. The molecular weight excluding hydrogens is 279 g/mol. The number of amides is 1. The minimum Gasteiger partial charge on any atom is -0.356 e. The number of likely N-dealkylation sites (tertiary alicyclic amines) is 1. The van der Waals surface area contributed by atoms with Crippen LogP contribution in [0.25, 0.3) is 0 Å². The van der Waals surface area contributed by atoms with E-state index in [1.807, 2.05) is 0 Å². The van der Waals surface area contributed by atoms with E-state index >= 15 is 0 Å². The third kappa shape index (κ3) is 5.76. The van der Waals surface area contributed by atoms with Crippen molar-refractivity contribution >= 4 is 5.91 Å². The van der Waals surface area contributed by atoms with Gasteiger partial charge in [0.05, 0.1) is 0 Å². The van der Waals surface area contributed by atoms with Crippen molar-refractivity contribution in [2.45, 2.75) is 51.5 Å². The van der Waals surface area contributed by atoms with E-state index < -0.39 is 0 Å². The lowest BCUT2D eigenvalue weighted by molar-refractivity contribution is -0.121. The summed E-state index contributed by atoms with van der Waals surface area (Å²) in [5, 5.41) is 2.98. The zero-order valence-electron chi connectivity index (χ0n) is 13.5. The maximum absolute atomic E-state index is 12.8. The summed E-state index contributed by atoms with van der Waals surface area (Å²) in [5.41, 5.74) is 0.999. The van der Waals surface area contributed by atoms with Crippen LogP contribution in [0.2, 0.25) is 0 Å². The Balaban J connectivity index is 1.56. The van der Waals surface area contributed by atoms with Crippen LogP contribution in [-0.2, 0) is 11.2 Å². The molecule has 0 bridgehead atoms. The lowest BCUT2D eigenvalue weighted by atomic mass is 10.0. The molecule has 2 rings (SSSR count). The van der Waals surface area contributed by atoms with Crippen molar-refractivity contribution in [1.82, 2.24) is 10.2 Å². The normalized spacial score (nSPS) is 19.1. The van der Waals surface area contributed by atoms with Gasteiger partial charge in [-0.3, -0.25) is 4.79 Å². The second-order valence-electron chi connectivity index (χ2n) is 6.21. The van der Waals surface area contributed by atoms with E-state index in [9.17, 15) is 9.18 Å². The van der Waals surface area contributed by atoms with Gasteiger partial charge in [-0.1, -0.05) is 18.6 Å². The van der Waals surface area contributed by atoms with Crippen LogP contribution < -0.4 is 5.32 Å². The molecule has 3 nitrogen and oxygen atoms in total. The zero-order valence-corrected chi connectivity index (χ0v) is 13.5. The zero-order chi connectivity index (χ0) is 15.8. The Morgan fingerprint density at radius 3 is 2.82 bits per heavy atom. The summed E-state index contributed by atoms with van der Waals surface area (Å²) in [6, 6.07) is 7.03. The van der Waals surface area contributed by atoms with E-state index in [1.54, 1.807) is 12.1 Å². The van der Waals surface area contributed by atoms with Crippen molar-refractivity contribution in [2.24, 2.45) is 0 Å². The number of benzene rings is 1. The molecule has 0 radical (unpaired) electrons. The molecule has 1 aromatic rings. The molecule has 1 saturated heterocycles. The number of piperidine rings is 1. The Morgan fingerprint density at radius 2 is 2.09 bits per heavy atom. The van der Waals surface area contributed by atoms with Gasteiger partial charge in [-0.2, -0.15) is 0 Å². The smallest absolute Gasteiger partial charge is 0.220 e. The molecule has 0 saturated carbocycles. The van der Waals surface area contributed by atoms with E-state index in [0.717, 1.165) is 25.1 Å². The number of hydrogen-bond donors (Lipinski definition) is 1. The minimum absolute atomic E-state index is 0.0796. The van der Waals surface area contributed by atoms with Crippen LogP contribution in [0.15, 0.2) is 24.3 Å². The topological polar surface area (TPSA) is 32.3 Å². The third-order valence-corrected chi connectivity index (χ3v) is 4.44. The summed E-state index contributed by atoms with van der Waals surface area (Å²) >= 11 is 0. The predicted octanol–water partition coefficient (Wildman–Crippen LogP) is 3.14. The molecule has 1 aliphatic heterocycles. The second-order valence-corrected chi connectivity index (χ2v) is 6.21. The van der Waals surface area contributed by atoms with Crippen LogP contribution >= 0.6 is 0 Å². The Hall–Kier alpha value is -1.42. The molecule has 0 aromatic heterocycles. The van der Waals surface area contributed by atoms with Gasteiger partial charge >= 0.3 is 0 Å². The fourth-order valence-electron chi connectivity index (χ4n) is 3.00. The number of halogens is 1. The monoisotopic (exact) mass is 306 g/mol. The summed E-state index contributed by atoms with van der Waals surface area (Å²) in [6.45, 7) is 5.30. The van der Waals surface area contributed by atoms with Crippen LogP contribution in [0, 0.1) is 5.82 Å². The maximum atomic E-state index is 12.8. The third-order valence-electron chi connectivity index (χ3n) is 4.44. The van der Waals surface area contributed by atoms with Gasteiger partial charge in [0.2, 0.25) is 5.91 Å². The fourth-order valence-corrected chi connectivity index (χ4v) is 3.00. The summed E-state index contributed by atoms with van der Waals surface area (Å²) in [5.74, 6) is -0.156. The Kier molecular flexibility index (Phi) is 6.84. The minimum atomic E-state index is -0.236. The molecule has 1 fully saturated rings. The van der Waals surface area contributed by atoms with Crippen LogP contribution in [0.1, 0.15) is 44.6 Å². The van der Waals surface area contributed by atoms with Gasteiger partial charge in [0.15, 0.2) is 0 Å². The van der Waals surface area contributed by atoms with Crippen LogP contribution in [0.5, 0.6) is 0 Å². The number of carbonyl (C=O) groups is 1. The average Bonchev–Trinajstić information content (AvgIpc) is 2.52. The number of aryl methyl sites for hydroxylation is 1. The summed E-state index contributed by atoms with van der Waals surface area (Å²) in [7, 11) is 0. The highest BCUT2D eigenvalue weighted by atomic mass is 19.1. The van der Waals surface area contributed by atoms with E-state index in [4.69, 9.17) is 0 Å². The summed E-state index contributed by atoms with van der Waals surface area (Å²) in [4.78, 5) is 14.3. The second kappa shape index (κ2) is 8.89. The van der Waals surface area contributed by atoms with Crippen molar-refractivity contribution < 1.29 is 9.18 Å². The van der Waals surface area contributed by atoms with Gasteiger partial charge < -0.3 is 10.2 Å². The Morgan fingerprint density at radius 1 is 1.32 bits per heavy atom. The van der Waals surface area contributed by atoms with Crippen LogP contribution in [-0.4, -0.2) is 36.5 Å². The molecule has 1 heterocycles. The largest absolute Gasteiger partial charge is 0.356 e. The SMILES string of the molecule is CC1CCCCN1CCCNC(=O)CCc1ccc(F)cc1. The molecule has 1 amide bonds. The van der Waals surface area contributed by atoms with Gasteiger partial charge in [-0.25, -0.2) is 4.39 Å². The first kappa shape index (κ1) is 16.9.